The second-order valence-electron chi connectivity index (χ2n) is 6.70. The van der Waals surface area contributed by atoms with Gasteiger partial charge in [-0.25, -0.2) is 0 Å². The standard InChI is InChI=1S/C21H24N2O3/c24-21(23-8-10-25-11-9-23)15-26-20-6-5-16-3-4-17(12-19(16)13-20)18-2-1-7-22-14-18/h2-6,12-13,22H,1,7-11,14-15H2. The molecule has 0 aromatic heterocycles. The zero-order chi connectivity index (χ0) is 17.8. The molecular weight excluding hydrogens is 328 g/mol. The molecule has 2 heterocycles. The smallest absolute Gasteiger partial charge is 0.260 e. The first-order valence-electron chi connectivity index (χ1n) is 9.22. The van der Waals surface area contributed by atoms with Gasteiger partial charge in [-0.05, 0) is 53.1 Å². The average Bonchev–Trinajstić information content (AvgIpc) is 2.72. The van der Waals surface area contributed by atoms with E-state index in [1.54, 1.807) is 4.90 Å². The van der Waals surface area contributed by atoms with Crippen LogP contribution >= 0.6 is 0 Å². The van der Waals surface area contributed by atoms with Crippen molar-refractivity contribution < 1.29 is 14.3 Å². The third-order valence-corrected chi connectivity index (χ3v) is 4.94. The Morgan fingerprint density at radius 2 is 1.96 bits per heavy atom. The number of nitrogens with one attached hydrogen (secondary N) is 1. The first-order chi connectivity index (χ1) is 12.8. The molecule has 0 atom stereocenters. The van der Waals surface area contributed by atoms with Crippen LogP contribution in [-0.4, -0.2) is 56.8 Å². The van der Waals surface area contributed by atoms with Gasteiger partial charge < -0.3 is 19.7 Å². The fourth-order valence-electron chi connectivity index (χ4n) is 3.43. The van der Waals surface area contributed by atoms with Crippen LogP contribution in [0, 0.1) is 0 Å². The van der Waals surface area contributed by atoms with E-state index < -0.39 is 0 Å². The number of hydrogen-bond donors (Lipinski definition) is 1. The van der Waals surface area contributed by atoms with Gasteiger partial charge in [-0.15, -0.1) is 0 Å². The van der Waals surface area contributed by atoms with Gasteiger partial charge >= 0.3 is 0 Å². The van der Waals surface area contributed by atoms with Crippen LogP contribution in [0.5, 0.6) is 5.75 Å². The third kappa shape index (κ3) is 3.89. The molecule has 0 saturated carbocycles. The Morgan fingerprint density at radius 1 is 1.12 bits per heavy atom. The Balaban J connectivity index is 1.47. The molecule has 1 N–H and O–H groups in total. The van der Waals surface area contributed by atoms with E-state index in [-0.39, 0.29) is 12.5 Å². The SMILES string of the molecule is O=C(COc1ccc2ccc(C3=CCCNC3)cc2c1)N1CCOCC1. The molecule has 5 nitrogen and oxygen atoms in total. The van der Waals surface area contributed by atoms with Gasteiger partial charge in [0.1, 0.15) is 5.75 Å². The van der Waals surface area contributed by atoms with Crippen LogP contribution in [0.15, 0.2) is 42.5 Å². The molecule has 1 amide bonds. The third-order valence-electron chi connectivity index (χ3n) is 4.94. The summed E-state index contributed by atoms with van der Waals surface area (Å²) in [5, 5.41) is 5.71. The molecule has 0 bridgehead atoms. The van der Waals surface area contributed by atoms with Crippen LogP contribution in [0.4, 0.5) is 0 Å². The average molecular weight is 352 g/mol. The molecule has 1 fully saturated rings. The molecule has 136 valence electrons. The molecular formula is C21H24N2O3. The summed E-state index contributed by atoms with van der Waals surface area (Å²) in [6.07, 6.45) is 3.37. The fourth-order valence-corrected chi connectivity index (χ4v) is 3.43. The van der Waals surface area contributed by atoms with Gasteiger partial charge in [0.25, 0.3) is 5.91 Å². The number of ether oxygens (including phenoxy) is 2. The number of hydrogen-bond acceptors (Lipinski definition) is 4. The van der Waals surface area contributed by atoms with Crippen molar-refractivity contribution in [3.8, 4) is 5.75 Å². The van der Waals surface area contributed by atoms with Crippen LogP contribution in [0.25, 0.3) is 16.3 Å². The normalized spacial score (nSPS) is 17.8. The lowest BCUT2D eigenvalue weighted by Crippen LogP contribution is -2.42. The molecule has 0 aliphatic carbocycles. The number of amides is 1. The molecule has 2 aliphatic heterocycles. The van der Waals surface area contributed by atoms with Crippen molar-refractivity contribution in [3.05, 3.63) is 48.0 Å². The van der Waals surface area contributed by atoms with Crippen LogP contribution in [0.3, 0.4) is 0 Å². The monoisotopic (exact) mass is 352 g/mol. The summed E-state index contributed by atoms with van der Waals surface area (Å²) in [5.41, 5.74) is 2.58. The lowest BCUT2D eigenvalue weighted by Gasteiger charge is -2.26. The van der Waals surface area contributed by atoms with Crippen molar-refractivity contribution in [2.24, 2.45) is 0 Å². The number of nitrogens with zero attached hydrogens (tertiary/aromatic N) is 1. The van der Waals surface area contributed by atoms with Crippen molar-refractivity contribution in [3.63, 3.8) is 0 Å². The molecule has 2 aromatic carbocycles. The highest BCUT2D eigenvalue weighted by atomic mass is 16.5. The van der Waals surface area contributed by atoms with Crippen LogP contribution in [-0.2, 0) is 9.53 Å². The van der Waals surface area contributed by atoms with E-state index in [0.29, 0.717) is 26.3 Å². The molecule has 5 heteroatoms. The summed E-state index contributed by atoms with van der Waals surface area (Å²) >= 11 is 0. The van der Waals surface area contributed by atoms with Crippen molar-refractivity contribution in [2.75, 3.05) is 46.0 Å². The minimum Gasteiger partial charge on any atom is -0.484 e. The summed E-state index contributed by atoms with van der Waals surface area (Å²) in [5.74, 6) is 0.743. The zero-order valence-corrected chi connectivity index (χ0v) is 14.9. The van der Waals surface area contributed by atoms with Gasteiger partial charge in [0.15, 0.2) is 6.61 Å². The van der Waals surface area contributed by atoms with E-state index in [1.165, 1.54) is 16.5 Å². The quantitative estimate of drug-likeness (QED) is 0.918. The number of rotatable bonds is 4. The van der Waals surface area contributed by atoms with Gasteiger partial charge in [0.2, 0.25) is 0 Å². The number of fused-ring (bicyclic) bond motifs is 1. The topological polar surface area (TPSA) is 50.8 Å². The molecule has 26 heavy (non-hydrogen) atoms. The van der Waals surface area contributed by atoms with Gasteiger partial charge in [-0.1, -0.05) is 24.3 Å². The molecule has 0 radical (unpaired) electrons. The van der Waals surface area contributed by atoms with Gasteiger partial charge in [-0.3, -0.25) is 4.79 Å². The molecule has 0 unspecified atom stereocenters. The summed E-state index contributed by atoms with van der Waals surface area (Å²) in [6, 6.07) is 12.5. The highest BCUT2D eigenvalue weighted by Gasteiger charge is 2.17. The van der Waals surface area contributed by atoms with Crippen molar-refractivity contribution >= 4 is 22.3 Å². The van der Waals surface area contributed by atoms with E-state index in [9.17, 15) is 4.79 Å². The van der Waals surface area contributed by atoms with E-state index in [0.717, 1.165) is 30.6 Å². The Morgan fingerprint density at radius 3 is 2.77 bits per heavy atom. The predicted molar refractivity (Wildman–Crippen MR) is 102 cm³/mol. The highest BCUT2D eigenvalue weighted by Crippen LogP contribution is 2.26. The minimum atomic E-state index is 0.0144. The van der Waals surface area contributed by atoms with Gasteiger partial charge in [0.05, 0.1) is 13.2 Å². The maximum Gasteiger partial charge on any atom is 0.260 e. The van der Waals surface area contributed by atoms with E-state index in [2.05, 4.69) is 29.6 Å². The molecule has 2 aliphatic rings. The Labute approximate surface area is 153 Å². The fraction of sp³-hybridized carbons (Fsp3) is 0.381. The van der Waals surface area contributed by atoms with Crippen LogP contribution < -0.4 is 10.1 Å². The first-order valence-corrected chi connectivity index (χ1v) is 9.22. The summed E-state index contributed by atoms with van der Waals surface area (Å²) in [6.45, 7) is 4.53. The predicted octanol–water partition coefficient (Wildman–Crippen LogP) is 2.45. The van der Waals surface area contributed by atoms with E-state index in [4.69, 9.17) is 9.47 Å². The second kappa shape index (κ2) is 7.89. The molecule has 2 aromatic rings. The second-order valence-corrected chi connectivity index (χ2v) is 6.70. The minimum absolute atomic E-state index is 0.0144. The van der Waals surface area contributed by atoms with E-state index in [1.807, 2.05) is 18.2 Å². The summed E-state index contributed by atoms with van der Waals surface area (Å²) in [7, 11) is 0. The largest absolute Gasteiger partial charge is 0.484 e. The Hall–Kier alpha value is -2.37. The van der Waals surface area contributed by atoms with Crippen molar-refractivity contribution in [2.45, 2.75) is 6.42 Å². The molecule has 1 saturated heterocycles. The summed E-state index contributed by atoms with van der Waals surface area (Å²) in [4.78, 5) is 14.0. The first kappa shape index (κ1) is 17.1. The van der Waals surface area contributed by atoms with E-state index >= 15 is 0 Å². The molecule has 0 spiro atoms. The number of benzene rings is 2. The number of morpholine rings is 1. The van der Waals surface area contributed by atoms with Crippen molar-refractivity contribution in [1.82, 2.24) is 10.2 Å². The Kier molecular flexibility index (Phi) is 5.18. The summed E-state index contributed by atoms with van der Waals surface area (Å²) < 4.78 is 11.0. The van der Waals surface area contributed by atoms with Crippen LogP contribution in [0.2, 0.25) is 0 Å². The number of carbonyl (C=O) groups excluding carboxylic acids is 1. The van der Waals surface area contributed by atoms with Gasteiger partial charge in [0, 0.05) is 19.6 Å². The maximum atomic E-state index is 12.2. The highest BCUT2D eigenvalue weighted by molar-refractivity contribution is 5.88. The van der Waals surface area contributed by atoms with Crippen LogP contribution in [0.1, 0.15) is 12.0 Å². The zero-order valence-electron chi connectivity index (χ0n) is 14.9. The lowest BCUT2D eigenvalue weighted by molar-refractivity contribution is -0.137. The lowest BCUT2D eigenvalue weighted by atomic mass is 9.99. The van der Waals surface area contributed by atoms with Crippen molar-refractivity contribution in [1.29, 1.82) is 0 Å². The Bertz CT molecular complexity index is 825. The maximum absolute atomic E-state index is 12.2. The number of carbonyl (C=O) groups is 1. The van der Waals surface area contributed by atoms with Gasteiger partial charge in [-0.2, -0.15) is 0 Å². The molecule has 4 rings (SSSR count).